The molecule has 0 aromatic heterocycles. The fourth-order valence-corrected chi connectivity index (χ4v) is 2.06. The number of hydrogen-bond donors (Lipinski definition) is 0. The Morgan fingerprint density at radius 3 is 1.79 bits per heavy atom. The van der Waals surface area contributed by atoms with Gasteiger partial charge in [-0.1, -0.05) is 72.6 Å². The Labute approximate surface area is 91.5 Å². The molecule has 0 amide bonds. The maximum absolute atomic E-state index is 2.48. The lowest BCUT2D eigenvalue weighted by Crippen LogP contribution is -2.14. The summed E-state index contributed by atoms with van der Waals surface area (Å²) >= 11 is 0. The smallest absolute Gasteiger partial charge is 0.0328 e. The predicted octanol–water partition coefficient (Wildman–Crippen LogP) is 5.56. The molecule has 86 valence electrons. The summed E-state index contributed by atoms with van der Waals surface area (Å²) in [5.74, 6) is 0. The SMILES string of the molecule is CCCCCCC(C)(CC)CCCC. The van der Waals surface area contributed by atoms with Crippen molar-refractivity contribution >= 4 is 0 Å². The first-order chi connectivity index (χ1) is 6.68. The zero-order chi connectivity index (χ0) is 10.9. The van der Waals surface area contributed by atoms with E-state index >= 15 is 0 Å². The number of hydrogen-bond acceptors (Lipinski definition) is 0. The number of unbranched alkanes of at least 4 members (excludes halogenated alkanes) is 4. The first kappa shape index (κ1) is 14.0. The van der Waals surface area contributed by atoms with Crippen molar-refractivity contribution in [3.8, 4) is 0 Å². The van der Waals surface area contributed by atoms with E-state index < -0.39 is 0 Å². The van der Waals surface area contributed by atoms with Gasteiger partial charge in [0, 0.05) is 0 Å². The molecule has 0 bridgehead atoms. The summed E-state index contributed by atoms with van der Waals surface area (Å²) in [6.45, 7) is 9.42. The van der Waals surface area contributed by atoms with Gasteiger partial charge in [0.05, 0.1) is 0 Å². The Morgan fingerprint density at radius 2 is 1.29 bits per heavy atom. The van der Waals surface area contributed by atoms with Crippen LogP contribution in [0.15, 0.2) is 0 Å². The molecular weight excluding hydrogens is 168 g/mol. The van der Waals surface area contributed by atoms with Crippen LogP contribution in [0.5, 0.6) is 0 Å². The van der Waals surface area contributed by atoms with Crippen molar-refractivity contribution in [3.63, 3.8) is 0 Å². The van der Waals surface area contributed by atoms with Crippen LogP contribution in [-0.4, -0.2) is 0 Å². The highest BCUT2D eigenvalue weighted by Crippen LogP contribution is 2.33. The molecule has 14 heavy (non-hydrogen) atoms. The normalized spacial score (nSPS) is 15.4. The van der Waals surface area contributed by atoms with Crippen LogP contribution in [0.3, 0.4) is 0 Å². The van der Waals surface area contributed by atoms with E-state index in [1.165, 1.54) is 57.8 Å². The van der Waals surface area contributed by atoms with Gasteiger partial charge in [-0.3, -0.25) is 0 Å². The molecule has 0 nitrogen and oxygen atoms in total. The standard InChI is InChI=1S/C14H30/c1-5-8-10-11-13-14(4,7-3)12-9-6-2/h5-13H2,1-4H3. The zero-order valence-electron chi connectivity index (χ0n) is 10.9. The van der Waals surface area contributed by atoms with Crippen molar-refractivity contribution < 1.29 is 0 Å². The van der Waals surface area contributed by atoms with Crippen LogP contribution in [0, 0.1) is 5.41 Å². The van der Waals surface area contributed by atoms with Crippen LogP contribution in [0.2, 0.25) is 0 Å². The van der Waals surface area contributed by atoms with Gasteiger partial charge in [-0.25, -0.2) is 0 Å². The highest BCUT2D eigenvalue weighted by molar-refractivity contribution is 4.72. The Morgan fingerprint density at radius 1 is 0.714 bits per heavy atom. The first-order valence-corrected chi connectivity index (χ1v) is 6.68. The molecule has 0 aromatic rings. The van der Waals surface area contributed by atoms with Gasteiger partial charge in [-0.15, -0.1) is 0 Å². The minimum atomic E-state index is 0.643. The van der Waals surface area contributed by atoms with Gasteiger partial charge in [-0.2, -0.15) is 0 Å². The molecule has 0 saturated heterocycles. The predicted molar refractivity (Wildman–Crippen MR) is 66.7 cm³/mol. The molecule has 0 aliphatic rings. The van der Waals surface area contributed by atoms with Crippen molar-refractivity contribution in [2.45, 2.75) is 85.5 Å². The largest absolute Gasteiger partial charge is 0.0654 e. The van der Waals surface area contributed by atoms with Crippen molar-refractivity contribution in [2.75, 3.05) is 0 Å². The lowest BCUT2D eigenvalue weighted by Gasteiger charge is -2.28. The Balaban J connectivity index is 3.63. The van der Waals surface area contributed by atoms with Gasteiger partial charge < -0.3 is 0 Å². The Bertz CT molecular complexity index is 117. The lowest BCUT2D eigenvalue weighted by molar-refractivity contribution is 0.243. The van der Waals surface area contributed by atoms with Crippen LogP contribution in [-0.2, 0) is 0 Å². The second-order valence-electron chi connectivity index (χ2n) is 5.08. The van der Waals surface area contributed by atoms with Gasteiger partial charge in [0.2, 0.25) is 0 Å². The van der Waals surface area contributed by atoms with Gasteiger partial charge >= 0.3 is 0 Å². The fourth-order valence-electron chi connectivity index (χ4n) is 2.06. The second-order valence-corrected chi connectivity index (χ2v) is 5.08. The van der Waals surface area contributed by atoms with E-state index in [1.807, 2.05) is 0 Å². The van der Waals surface area contributed by atoms with E-state index in [0.29, 0.717) is 5.41 Å². The molecule has 0 aliphatic heterocycles. The third-order valence-electron chi connectivity index (χ3n) is 3.62. The van der Waals surface area contributed by atoms with Crippen LogP contribution in [0.4, 0.5) is 0 Å². The van der Waals surface area contributed by atoms with Crippen LogP contribution < -0.4 is 0 Å². The fraction of sp³-hybridized carbons (Fsp3) is 1.00. The topological polar surface area (TPSA) is 0 Å². The third kappa shape index (κ3) is 6.45. The minimum absolute atomic E-state index is 0.643. The van der Waals surface area contributed by atoms with Crippen molar-refractivity contribution in [3.05, 3.63) is 0 Å². The summed E-state index contributed by atoms with van der Waals surface area (Å²) in [7, 11) is 0. The summed E-state index contributed by atoms with van der Waals surface area (Å²) in [5, 5.41) is 0. The molecule has 0 aromatic carbocycles. The van der Waals surface area contributed by atoms with Crippen molar-refractivity contribution in [2.24, 2.45) is 5.41 Å². The van der Waals surface area contributed by atoms with Gasteiger partial charge in [0.1, 0.15) is 0 Å². The van der Waals surface area contributed by atoms with Crippen LogP contribution in [0.25, 0.3) is 0 Å². The molecule has 0 rings (SSSR count). The molecule has 0 heterocycles. The highest BCUT2D eigenvalue weighted by Gasteiger charge is 2.20. The van der Waals surface area contributed by atoms with E-state index in [9.17, 15) is 0 Å². The molecule has 0 heteroatoms. The van der Waals surface area contributed by atoms with Crippen molar-refractivity contribution in [1.82, 2.24) is 0 Å². The quantitative estimate of drug-likeness (QED) is 0.425. The molecule has 1 atom stereocenters. The minimum Gasteiger partial charge on any atom is -0.0654 e. The molecule has 0 N–H and O–H groups in total. The van der Waals surface area contributed by atoms with E-state index in [2.05, 4.69) is 27.7 Å². The van der Waals surface area contributed by atoms with Gasteiger partial charge in [0.15, 0.2) is 0 Å². The molecule has 0 aliphatic carbocycles. The average Bonchev–Trinajstić information content (AvgIpc) is 2.22. The summed E-state index contributed by atoms with van der Waals surface area (Å²) in [5.41, 5.74) is 0.643. The van der Waals surface area contributed by atoms with Gasteiger partial charge in [0.25, 0.3) is 0 Å². The maximum atomic E-state index is 2.48. The second kappa shape index (κ2) is 8.32. The molecule has 0 radical (unpaired) electrons. The van der Waals surface area contributed by atoms with Gasteiger partial charge in [-0.05, 0) is 18.3 Å². The molecule has 0 saturated carbocycles. The summed E-state index contributed by atoms with van der Waals surface area (Å²) in [6, 6.07) is 0. The molecular formula is C14H30. The third-order valence-corrected chi connectivity index (χ3v) is 3.62. The molecule has 1 unspecified atom stereocenters. The van der Waals surface area contributed by atoms with Crippen LogP contribution in [0.1, 0.15) is 85.5 Å². The van der Waals surface area contributed by atoms with E-state index in [-0.39, 0.29) is 0 Å². The Kier molecular flexibility index (Phi) is 8.32. The van der Waals surface area contributed by atoms with E-state index in [0.717, 1.165) is 0 Å². The zero-order valence-corrected chi connectivity index (χ0v) is 10.9. The summed E-state index contributed by atoms with van der Waals surface area (Å²) in [4.78, 5) is 0. The van der Waals surface area contributed by atoms with E-state index in [1.54, 1.807) is 0 Å². The van der Waals surface area contributed by atoms with Crippen molar-refractivity contribution in [1.29, 1.82) is 0 Å². The first-order valence-electron chi connectivity index (χ1n) is 6.68. The highest BCUT2D eigenvalue weighted by atomic mass is 14.3. The summed E-state index contributed by atoms with van der Waals surface area (Å²) in [6.07, 6.45) is 12.7. The van der Waals surface area contributed by atoms with Crippen LogP contribution >= 0.6 is 0 Å². The monoisotopic (exact) mass is 198 g/mol. The molecule has 0 spiro atoms. The van der Waals surface area contributed by atoms with E-state index in [4.69, 9.17) is 0 Å². The average molecular weight is 198 g/mol. The summed E-state index contributed by atoms with van der Waals surface area (Å²) < 4.78 is 0. The molecule has 0 fully saturated rings. The maximum Gasteiger partial charge on any atom is -0.0328 e. The lowest BCUT2D eigenvalue weighted by atomic mass is 9.78. The Hall–Kier alpha value is 0. The number of rotatable bonds is 9.